The number of primary amides is 1. The van der Waals surface area contributed by atoms with Gasteiger partial charge in [0.25, 0.3) is 0 Å². The van der Waals surface area contributed by atoms with Crippen LogP contribution >= 0.6 is 11.3 Å². The zero-order chi connectivity index (χ0) is 13.1. The molecule has 0 saturated heterocycles. The summed E-state index contributed by atoms with van der Waals surface area (Å²) in [5, 5.41) is 5.34. The molecule has 1 rings (SSSR count). The van der Waals surface area contributed by atoms with Gasteiger partial charge in [-0.05, 0) is 13.8 Å². The van der Waals surface area contributed by atoms with Crippen molar-refractivity contribution in [3.63, 3.8) is 0 Å². The minimum absolute atomic E-state index is 0.167. The second-order valence-electron chi connectivity index (χ2n) is 4.23. The number of hydrogen-bond acceptors (Lipinski definition) is 5. The van der Waals surface area contributed by atoms with Crippen molar-refractivity contribution in [1.29, 1.82) is 0 Å². The Morgan fingerprint density at radius 2 is 2.24 bits per heavy atom. The zero-order valence-electron chi connectivity index (χ0n) is 9.77. The van der Waals surface area contributed by atoms with Crippen LogP contribution in [0.1, 0.15) is 25.3 Å². The maximum atomic E-state index is 11.7. The highest BCUT2D eigenvalue weighted by Crippen LogP contribution is 2.21. The summed E-state index contributed by atoms with van der Waals surface area (Å²) in [7, 11) is 0. The van der Waals surface area contributed by atoms with Crippen molar-refractivity contribution in [2.24, 2.45) is 11.5 Å². The lowest BCUT2D eigenvalue weighted by molar-refractivity contribution is -0.127. The minimum atomic E-state index is -0.924. The van der Waals surface area contributed by atoms with E-state index in [1.54, 1.807) is 6.20 Å². The molecule has 0 fully saturated rings. The Labute approximate surface area is 103 Å². The summed E-state index contributed by atoms with van der Waals surface area (Å²) < 4.78 is 0. The molecule has 0 bridgehead atoms. The molecule has 0 saturated carbocycles. The van der Waals surface area contributed by atoms with Crippen LogP contribution in [-0.4, -0.2) is 22.8 Å². The number of carbonyl (C=O) groups excluding carboxylic acids is 2. The summed E-state index contributed by atoms with van der Waals surface area (Å²) in [5.74, 6) is -1.01. The standard InChI is InChI=1S/C10H16N4O2S/c1-10(2,9-13-3-4-17-9)14-8(16)6(11)5-7(12)15/h3-4,6H,5,11H2,1-2H3,(H2,12,15)(H,14,16). The highest BCUT2D eigenvalue weighted by atomic mass is 32.1. The number of nitrogens with zero attached hydrogens (tertiary/aromatic N) is 1. The second kappa shape index (κ2) is 5.24. The van der Waals surface area contributed by atoms with Gasteiger partial charge in [-0.25, -0.2) is 4.98 Å². The smallest absolute Gasteiger partial charge is 0.238 e. The third kappa shape index (κ3) is 3.79. The van der Waals surface area contributed by atoms with E-state index in [0.717, 1.165) is 5.01 Å². The van der Waals surface area contributed by atoms with Crippen molar-refractivity contribution < 1.29 is 9.59 Å². The van der Waals surface area contributed by atoms with Gasteiger partial charge in [-0.3, -0.25) is 9.59 Å². The Kier molecular flexibility index (Phi) is 4.19. The van der Waals surface area contributed by atoms with Crippen LogP contribution in [-0.2, 0) is 15.1 Å². The molecule has 0 aliphatic heterocycles. The lowest BCUT2D eigenvalue weighted by atomic mass is 10.1. The quantitative estimate of drug-likeness (QED) is 0.671. The first-order valence-corrected chi connectivity index (χ1v) is 5.97. The van der Waals surface area contributed by atoms with Gasteiger partial charge in [0.05, 0.1) is 18.0 Å². The summed E-state index contributed by atoms with van der Waals surface area (Å²) >= 11 is 1.44. The number of amides is 2. The van der Waals surface area contributed by atoms with E-state index in [-0.39, 0.29) is 6.42 Å². The molecule has 0 spiro atoms. The molecular weight excluding hydrogens is 240 g/mol. The van der Waals surface area contributed by atoms with E-state index in [1.807, 2.05) is 19.2 Å². The Morgan fingerprint density at radius 1 is 1.59 bits per heavy atom. The number of thiazole rings is 1. The topological polar surface area (TPSA) is 111 Å². The number of nitrogens with one attached hydrogen (secondary N) is 1. The summed E-state index contributed by atoms with van der Waals surface area (Å²) in [5.41, 5.74) is 9.92. The maximum Gasteiger partial charge on any atom is 0.238 e. The zero-order valence-corrected chi connectivity index (χ0v) is 10.6. The molecule has 1 aromatic heterocycles. The molecule has 94 valence electrons. The maximum absolute atomic E-state index is 11.7. The Bertz CT molecular complexity index is 402. The van der Waals surface area contributed by atoms with E-state index in [2.05, 4.69) is 10.3 Å². The highest BCUT2D eigenvalue weighted by Gasteiger charge is 2.28. The van der Waals surface area contributed by atoms with Gasteiger partial charge in [0.2, 0.25) is 11.8 Å². The molecule has 17 heavy (non-hydrogen) atoms. The van der Waals surface area contributed by atoms with Gasteiger partial charge < -0.3 is 16.8 Å². The normalized spacial score (nSPS) is 13.1. The van der Waals surface area contributed by atoms with E-state index >= 15 is 0 Å². The third-order valence-electron chi connectivity index (χ3n) is 2.16. The molecule has 6 nitrogen and oxygen atoms in total. The van der Waals surface area contributed by atoms with Crippen LogP contribution in [0.2, 0.25) is 0 Å². The van der Waals surface area contributed by atoms with Crippen LogP contribution in [0.25, 0.3) is 0 Å². The van der Waals surface area contributed by atoms with Gasteiger partial charge in [0.1, 0.15) is 5.01 Å². The minimum Gasteiger partial charge on any atom is -0.370 e. The van der Waals surface area contributed by atoms with Gasteiger partial charge in [-0.1, -0.05) is 0 Å². The van der Waals surface area contributed by atoms with Crippen LogP contribution in [0.15, 0.2) is 11.6 Å². The lowest BCUT2D eigenvalue weighted by Gasteiger charge is -2.25. The molecule has 0 aromatic carbocycles. The van der Waals surface area contributed by atoms with E-state index in [4.69, 9.17) is 11.5 Å². The first-order chi connectivity index (χ1) is 7.83. The predicted octanol–water partition coefficient (Wildman–Crippen LogP) is -0.303. The number of carbonyl (C=O) groups is 2. The number of hydrogen-bond donors (Lipinski definition) is 3. The van der Waals surface area contributed by atoms with Gasteiger partial charge in [-0.15, -0.1) is 11.3 Å². The molecule has 1 atom stereocenters. The lowest BCUT2D eigenvalue weighted by Crippen LogP contribution is -2.50. The van der Waals surface area contributed by atoms with Crippen molar-refractivity contribution in [2.45, 2.75) is 31.8 Å². The molecule has 0 radical (unpaired) electrons. The fraction of sp³-hybridized carbons (Fsp3) is 0.500. The van der Waals surface area contributed by atoms with Gasteiger partial charge in [0.15, 0.2) is 0 Å². The number of rotatable bonds is 5. The van der Waals surface area contributed by atoms with Crippen molar-refractivity contribution in [3.05, 3.63) is 16.6 Å². The molecular formula is C10H16N4O2S. The number of nitrogens with two attached hydrogens (primary N) is 2. The highest BCUT2D eigenvalue weighted by molar-refractivity contribution is 7.09. The van der Waals surface area contributed by atoms with E-state index in [0.29, 0.717) is 0 Å². The van der Waals surface area contributed by atoms with E-state index in [9.17, 15) is 9.59 Å². The van der Waals surface area contributed by atoms with E-state index in [1.165, 1.54) is 11.3 Å². The van der Waals surface area contributed by atoms with Gasteiger partial charge >= 0.3 is 0 Å². The molecule has 1 unspecified atom stereocenters. The molecule has 1 heterocycles. The van der Waals surface area contributed by atoms with Crippen LogP contribution in [0.4, 0.5) is 0 Å². The molecule has 0 aliphatic carbocycles. The predicted molar refractivity (Wildman–Crippen MR) is 65.1 cm³/mol. The van der Waals surface area contributed by atoms with Crippen molar-refractivity contribution in [1.82, 2.24) is 10.3 Å². The first-order valence-electron chi connectivity index (χ1n) is 5.09. The molecule has 2 amide bonds. The molecule has 1 aromatic rings. The fourth-order valence-electron chi connectivity index (χ4n) is 1.30. The van der Waals surface area contributed by atoms with Crippen molar-refractivity contribution >= 4 is 23.2 Å². The average Bonchev–Trinajstić information content (AvgIpc) is 2.68. The van der Waals surface area contributed by atoms with Gasteiger partial charge in [0, 0.05) is 11.6 Å². The Morgan fingerprint density at radius 3 is 2.71 bits per heavy atom. The van der Waals surface area contributed by atoms with Crippen molar-refractivity contribution in [3.8, 4) is 0 Å². The van der Waals surface area contributed by atoms with Crippen LogP contribution in [0.5, 0.6) is 0 Å². The second-order valence-corrected chi connectivity index (χ2v) is 5.12. The average molecular weight is 256 g/mol. The Balaban J connectivity index is 2.65. The molecule has 0 aliphatic rings. The van der Waals surface area contributed by atoms with Crippen LogP contribution < -0.4 is 16.8 Å². The largest absolute Gasteiger partial charge is 0.370 e. The molecule has 7 heteroatoms. The third-order valence-corrected chi connectivity index (χ3v) is 3.26. The number of aromatic nitrogens is 1. The van der Waals surface area contributed by atoms with E-state index < -0.39 is 23.4 Å². The van der Waals surface area contributed by atoms with Crippen molar-refractivity contribution in [2.75, 3.05) is 0 Å². The summed E-state index contributed by atoms with van der Waals surface area (Å²) in [4.78, 5) is 26.5. The van der Waals surface area contributed by atoms with Gasteiger partial charge in [-0.2, -0.15) is 0 Å². The SMILES string of the molecule is CC(C)(NC(=O)C(N)CC(N)=O)c1nccs1. The Hall–Kier alpha value is -1.47. The molecule has 5 N–H and O–H groups in total. The monoisotopic (exact) mass is 256 g/mol. The summed E-state index contributed by atoms with van der Waals surface area (Å²) in [6.45, 7) is 3.64. The first kappa shape index (κ1) is 13.6. The summed E-state index contributed by atoms with van der Waals surface area (Å²) in [6.07, 6.45) is 1.50. The van der Waals surface area contributed by atoms with Crippen LogP contribution in [0, 0.1) is 0 Å². The summed E-state index contributed by atoms with van der Waals surface area (Å²) in [6, 6.07) is -0.924. The van der Waals surface area contributed by atoms with Crippen LogP contribution in [0.3, 0.4) is 0 Å². The fourth-order valence-corrected chi connectivity index (χ4v) is 2.01.